The van der Waals surface area contributed by atoms with Crippen LogP contribution in [0.2, 0.25) is 0 Å². The smallest absolute Gasteiger partial charge is 0.172 e. The second-order valence-corrected chi connectivity index (χ2v) is 2.45. The molecule has 1 rings (SSSR count). The van der Waals surface area contributed by atoms with E-state index in [4.69, 9.17) is 24.4 Å². The molecule has 9 heavy (non-hydrogen) atoms. The first-order valence-corrected chi connectivity index (χ1v) is 3.43. The summed E-state index contributed by atoms with van der Waals surface area (Å²) in [6.07, 6.45) is 0. The lowest BCUT2D eigenvalue weighted by molar-refractivity contribution is 0.838. The zero-order valence-corrected chi connectivity index (χ0v) is 6.36. The highest BCUT2D eigenvalue weighted by Crippen LogP contribution is 1.74. The van der Waals surface area contributed by atoms with E-state index in [1.807, 2.05) is 0 Å². The van der Waals surface area contributed by atoms with Crippen molar-refractivity contribution in [2.45, 2.75) is 0 Å². The van der Waals surface area contributed by atoms with Crippen LogP contribution in [0.1, 0.15) is 0 Å². The van der Waals surface area contributed by atoms with Gasteiger partial charge in [-0.05, 0) is 24.4 Å². The topological polar surface area (TPSA) is 36.1 Å². The van der Waals surface area contributed by atoms with E-state index in [0.717, 1.165) is 13.1 Å². The highest BCUT2D eigenvalue weighted by atomic mass is 32.1. The minimum absolute atomic E-state index is 0.602. The maximum absolute atomic E-state index is 4.82. The SMILES string of the molecule is S=C1NCCNC(=S)N1. The Morgan fingerprint density at radius 3 is 1.89 bits per heavy atom. The molecule has 1 fully saturated rings. The highest BCUT2D eigenvalue weighted by molar-refractivity contribution is 7.81. The Kier molecular flexibility index (Phi) is 2.18. The summed E-state index contributed by atoms with van der Waals surface area (Å²) >= 11 is 9.64. The van der Waals surface area contributed by atoms with Crippen LogP contribution in [0, 0.1) is 0 Å². The number of nitrogens with one attached hydrogen (secondary N) is 3. The van der Waals surface area contributed by atoms with Crippen molar-refractivity contribution in [2.24, 2.45) is 0 Å². The first-order chi connectivity index (χ1) is 4.29. The molecule has 0 spiro atoms. The van der Waals surface area contributed by atoms with Gasteiger partial charge in [-0.25, -0.2) is 0 Å². The molecule has 0 aromatic heterocycles. The average Bonchev–Trinajstić information content (AvgIpc) is 1.93. The summed E-state index contributed by atoms with van der Waals surface area (Å²) in [4.78, 5) is 0. The molecule has 3 nitrogen and oxygen atoms in total. The number of hydrogen-bond acceptors (Lipinski definition) is 2. The molecule has 0 aromatic carbocycles. The number of rotatable bonds is 0. The van der Waals surface area contributed by atoms with E-state index in [0.29, 0.717) is 10.2 Å². The molecule has 0 bridgehead atoms. The summed E-state index contributed by atoms with van der Waals surface area (Å²) in [6.45, 7) is 1.65. The Morgan fingerprint density at radius 2 is 1.44 bits per heavy atom. The van der Waals surface area contributed by atoms with E-state index < -0.39 is 0 Å². The van der Waals surface area contributed by atoms with Gasteiger partial charge in [0.15, 0.2) is 10.2 Å². The predicted molar refractivity (Wildman–Crippen MR) is 44.3 cm³/mol. The van der Waals surface area contributed by atoms with Crippen LogP contribution in [-0.4, -0.2) is 23.3 Å². The van der Waals surface area contributed by atoms with Gasteiger partial charge in [0.25, 0.3) is 0 Å². The van der Waals surface area contributed by atoms with Crippen molar-refractivity contribution in [1.29, 1.82) is 0 Å². The van der Waals surface area contributed by atoms with Crippen LogP contribution in [0.4, 0.5) is 0 Å². The summed E-state index contributed by atoms with van der Waals surface area (Å²) in [6, 6.07) is 0. The molecule has 1 aliphatic rings. The molecule has 5 heteroatoms. The molecule has 0 aliphatic carbocycles. The van der Waals surface area contributed by atoms with E-state index in [2.05, 4.69) is 16.0 Å². The second kappa shape index (κ2) is 2.93. The van der Waals surface area contributed by atoms with Gasteiger partial charge in [-0.2, -0.15) is 0 Å². The van der Waals surface area contributed by atoms with Crippen LogP contribution in [0.3, 0.4) is 0 Å². The Bertz CT molecular complexity index is 129. The Labute approximate surface area is 64.2 Å². The van der Waals surface area contributed by atoms with Crippen LogP contribution in [0.15, 0.2) is 0 Å². The van der Waals surface area contributed by atoms with E-state index >= 15 is 0 Å². The minimum Gasteiger partial charge on any atom is -0.361 e. The zero-order chi connectivity index (χ0) is 6.69. The summed E-state index contributed by atoms with van der Waals surface area (Å²) in [5, 5.41) is 9.88. The van der Waals surface area contributed by atoms with Gasteiger partial charge >= 0.3 is 0 Å². The minimum atomic E-state index is 0.602. The van der Waals surface area contributed by atoms with Crippen molar-refractivity contribution in [3.05, 3.63) is 0 Å². The van der Waals surface area contributed by atoms with Gasteiger partial charge < -0.3 is 16.0 Å². The molecule has 0 amide bonds. The van der Waals surface area contributed by atoms with Gasteiger partial charge in [-0.15, -0.1) is 0 Å². The Balaban J connectivity index is 2.47. The molecule has 1 heterocycles. The third-order valence-corrected chi connectivity index (χ3v) is 1.42. The maximum atomic E-state index is 4.82. The van der Waals surface area contributed by atoms with Crippen LogP contribution in [0.25, 0.3) is 0 Å². The molecule has 0 unspecified atom stereocenters. The van der Waals surface area contributed by atoms with Gasteiger partial charge in [0, 0.05) is 13.1 Å². The maximum Gasteiger partial charge on any atom is 0.172 e. The van der Waals surface area contributed by atoms with Gasteiger partial charge in [-0.1, -0.05) is 0 Å². The van der Waals surface area contributed by atoms with Gasteiger partial charge in [0.1, 0.15) is 0 Å². The molecule has 1 saturated heterocycles. The molecule has 0 radical (unpaired) electrons. The van der Waals surface area contributed by atoms with Crippen molar-refractivity contribution in [3.8, 4) is 0 Å². The molecule has 1 aliphatic heterocycles. The molecule has 3 N–H and O–H groups in total. The largest absolute Gasteiger partial charge is 0.361 e. The quantitative estimate of drug-likeness (QED) is 0.411. The Hall–Kier alpha value is -0.420. The standard InChI is InChI=1S/C4H7N3S2/c8-3-5-1-2-6-4(9)7-3/h1-2H2,(H3,5,6,7,8,9). The van der Waals surface area contributed by atoms with E-state index in [-0.39, 0.29) is 0 Å². The van der Waals surface area contributed by atoms with Crippen molar-refractivity contribution in [1.82, 2.24) is 16.0 Å². The van der Waals surface area contributed by atoms with Crippen molar-refractivity contribution < 1.29 is 0 Å². The highest BCUT2D eigenvalue weighted by Gasteiger charge is 2.02. The predicted octanol–water partition coefficient (Wildman–Crippen LogP) is -0.661. The molecular weight excluding hydrogens is 154 g/mol. The first kappa shape index (κ1) is 6.70. The average molecular weight is 161 g/mol. The molecule has 0 aromatic rings. The van der Waals surface area contributed by atoms with Crippen LogP contribution in [-0.2, 0) is 0 Å². The summed E-state index contributed by atoms with van der Waals surface area (Å²) in [7, 11) is 0. The zero-order valence-electron chi connectivity index (χ0n) is 4.73. The van der Waals surface area contributed by atoms with E-state index in [9.17, 15) is 0 Å². The lowest BCUT2D eigenvalue weighted by Gasteiger charge is -2.01. The molecule has 50 valence electrons. The number of thiocarbonyl (C=S) groups is 2. The summed E-state index contributed by atoms with van der Waals surface area (Å²) in [5.74, 6) is 0. The summed E-state index contributed by atoms with van der Waals surface area (Å²) in [5.41, 5.74) is 0. The van der Waals surface area contributed by atoms with Gasteiger partial charge in [0.2, 0.25) is 0 Å². The van der Waals surface area contributed by atoms with Gasteiger partial charge in [0.05, 0.1) is 0 Å². The van der Waals surface area contributed by atoms with Crippen molar-refractivity contribution in [3.63, 3.8) is 0 Å². The van der Waals surface area contributed by atoms with Crippen molar-refractivity contribution in [2.75, 3.05) is 13.1 Å². The third kappa shape index (κ3) is 2.11. The third-order valence-electron chi connectivity index (χ3n) is 0.923. The number of hydrogen-bond donors (Lipinski definition) is 3. The van der Waals surface area contributed by atoms with Crippen LogP contribution >= 0.6 is 24.4 Å². The monoisotopic (exact) mass is 161 g/mol. The molecule has 0 atom stereocenters. The van der Waals surface area contributed by atoms with Crippen LogP contribution in [0.5, 0.6) is 0 Å². The Morgan fingerprint density at radius 1 is 1.00 bits per heavy atom. The molecule has 0 saturated carbocycles. The lowest BCUT2D eigenvalue weighted by atomic mass is 10.6. The fourth-order valence-corrected chi connectivity index (χ4v) is 1.02. The summed E-state index contributed by atoms with van der Waals surface area (Å²) < 4.78 is 0. The van der Waals surface area contributed by atoms with Crippen LogP contribution < -0.4 is 16.0 Å². The second-order valence-electron chi connectivity index (χ2n) is 1.64. The first-order valence-electron chi connectivity index (χ1n) is 2.62. The van der Waals surface area contributed by atoms with Crippen molar-refractivity contribution >= 4 is 34.7 Å². The normalized spacial score (nSPS) is 19.1. The lowest BCUT2D eigenvalue weighted by Crippen LogP contribution is -2.38. The van der Waals surface area contributed by atoms with Gasteiger partial charge in [-0.3, -0.25) is 0 Å². The fraction of sp³-hybridized carbons (Fsp3) is 0.500. The fourth-order valence-electron chi connectivity index (χ4n) is 0.544. The molecular formula is C4H7N3S2. The van der Waals surface area contributed by atoms with E-state index in [1.165, 1.54) is 0 Å². The van der Waals surface area contributed by atoms with E-state index in [1.54, 1.807) is 0 Å².